The van der Waals surface area contributed by atoms with Crippen LogP contribution in [0.15, 0.2) is 0 Å². The van der Waals surface area contributed by atoms with Gasteiger partial charge in [-0.25, -0.2) is 3.11 Å². The molecule has 2 rings (SSSR count). The molecule has 0 bridgehead atoms. The average Bonchev–Trinajstić information content (AvgIpc) is 2.31. The summed E-state index contributed by atoms with van der Waals surface area (Å²) in [7, 11) is 2.25. The van der Waals surface area contributed by atoms with Gasteiger partial charge in [-0.15, -0.1) is 0 Å². The summed E-state index contributed by atoms with van der Waals surface area (Å²) in [5.41, 5.74) is 0.598. The molecule has 0 aromatic carbocycles. The molecule has 0 N–H and O–H groups in total. The zero-order chi connectivity index (χ0) is 7.19. The monoisotopic (exact) mass is 252 g/mol. The Morgan fingerprint density at radius 1 is 1.30 bits per heavy atom. The van der Waals surface area contributed by atoms with Crippen LogP contribution in [-0.4, -0.2) is 40.2 Å². The van der Waals surface area contributed by atoms with Crippen molar-refractivity contribution < 1.29 is 0 Å². The second-order valence-corrected chi connectivity index (χ2v) is 4.85. The van der Waals surface area contributed by atoms with Crippen molar-refractivity contribution in [2.75, 3.05) is 26.7 Å². The Bertz CT molecular complexity index is 151. The molecular weight excluding hydrogens is 239 g/mol. The summed E-state index contributed by atoms with van der Waals surface area (Å²) in [6.45, 7) is 3.87. The summed E-state index contributed by atoms with van der Waals surface area (Å²) in [5.74, 6) is 0. The van der Waals surface area contributed by atoms with E-state index in [9.17, 15) is 0 Å². The quantitative estimate of drug-likeness (QED) is 0.471. The van der Waals surface area contributed by atoms with E-state index in [-0.39, 0.29) is 0 Å². The van der Waals surface area contributed by atoms with Gasteiger partial charge in [0.2, 0.25) is 0 Å². The van der Waals surface area contributed by atoms with Gasteiger partial charge in [-0.1, -0.05) is 0 Å². The number of hydrogen-bond donors (Lipinski definition) is 0. The van der Waals surface area contributed by atoms with Gasteiger partial charge in [0.15, 0.2) is 0 Å². The largest absolute Gasteiger partial charge is 0.299 e. The Morgan fingerprint density at radius 2 is 2.00 bits per heavy atom. The van der Waals surface area contributed by atoms with Gasteiger partial charge in [0.1, 0.15) is 0 Å². The van der Waals surface area contributed by atoms with Crippen LogP contribution in [0.3, 0.4) is 0 Å². The van der Waals surface area contributed by atoms with Crippen molar-refractivity contribution in [1.82, 2.24) is 8.01 Å². The van der Waals surface area contributed by atoms with E-state index in [1.54, 1.807) is 0 Å². The van der Waals surface area contributed by atoms with Crippen LogP contribution in [0.25, 0.3) is 0 Å². The predicted octanol–water partition coefficient (Wildman–Crippen LogP) is 1.12. The normalized spacial score (nSPS) is 42.6. The molecule has 2 aliphatic heterocycles. The molecule has 3 heteroatoms. The predicted molar refractivity (Wildman–Crippen MR) is 50.2 cm³/mol. The van der Waals surface area contributed by atoms with Crippen LogP contribution in [0.1, 0.15) is 12.8 Å². The summed E-state index contributed by atoms with van der Waals surface area (Å²) in [4.78, 5) is 2.51. The van der Waals surface area contributed by atoms with E-state index >= 15 is 0 Å². The fourth-order valence-electron chi connectivity index (χ4n) is 1.97. The highest BCUT2D eigenvalue weighted by atomic mass is 127. The maximum Gasteiger partial charge on any atom is 0.0366 e. The van der Waals surface area contributed by atoms with Gasteiger partial charge in [0.05, 0.1) is 0 Å². The van der Waals surface area contributed by atoms with Gasteiger partial charge < -0.3 is 0 Å². The number of likely N-dealkylation sites (tertiary alicyclic amines) is 1. The molecule has 2 aliphatic rings. The van der Waals surface area contributed by atoms with E-state index in [2.05, 4.69) is 37.9 Å². The number of likely N-dealkylation sites (N-methyl/N-ethyl adjacent to an activating group) is 1. The van der Waals surface area contributed by atoms with Crippen molar-refractivity contribution in [2.45, 2.75) is 18.4 Å². The molecule has 2 heterocycles. The molecule has 0 amide bonds. The summed E-state index contributed by atoms with van der Waals surface area (Å²) < 4.78 is 2.41. The summed E-state index contributed by atoms with van der Waals surface area (Å²) in [6, 6.07) is 0. The first-order chi connectivity index (χ1) is 4.73. The highest BCUT2D eigenvalue weighted by Crippen LogP contribution is 2.38. The van der Waals surface area contributed by atoms with Gasteiger partial charge in [-0.05, 0) is 19.9 Å². The molecule has 0 saturated carbocycles. The average molecular weight is 252 g/mol. The number of rotatable bonds is 0. The van der Waals surface area contributed by atoms with Crippen LogP contribution in [-0.2, 0) is 0 Å². The van der Waals surface area contributed by atoms with Crippen molar-refractivity contribution in [3.8, 4) is 0 Å². The van der Waals surface area contributed by atoms with Crippen molar-refractivity contribution >= 4 is 22.9 Å². The maximum absolute atomic E-state index is 2.51. The van der Waals surface area contributed by atoms with Gasteiger partial charge in [0.25, 0.3) is 0 Å². The minimum Gasteiger partial charge on any atom is -0.299 e. The van der Waals surface area contributed by atoms with Crippen LogP contribution in [0, 0.1) is 0 Å². The summed E-state index contributed by atoms with van der Waals surface area (Å²) >= 11 is 2.43. The lowest BCUT2D eigenvalue weighted by molar-refractivity contribution is 0.0261. The van der Waals surface area contributed by atoms with Crippen molar-refractivity contribution in [2.24, 2.45) is 0 Å². The first-order valence-corrected chi connectivity index (χ1v) is 4.81. The maximum atomic E-state index is 2.51. The first-order valence-electron chi connectivity index (χ1n) is 3.85. The van der Waals surface area contributed by atoms with Crippen LogP contribution < -0.4 is 0 Å². The molecule has 58 valence electrons. The summed E-state index contributed by atoms with van der Waals surface area (Å²) in [6.07, 6.45) is 2.80. The van der Waals surface area contributed by atoms with Gasteiger partial charge in [0, 0.05) is 48.0 Å². The van der Waals surface area contributed by atoms with Crippen molar-refractivity contribution in [1.29, 1.82) is 0 Å². The molecule has 2 nitrogen and oxygen atoms in total. The topological polar surface area (TPSA) is 6.48 Å². The Kier molecular flexibility index (Phi) is 1.69. The Hall–Kier alpha value is 0.650. The fourth-order valence-corrected chi connectivity index (χ4v) is 2.85. The van der Waals surface area contributed by atoms with Crippen molar-refractivity contribution in [3.05, 3.63) is 0 Å². The molecule has 0 radical (unpaired) electrons. The smallest absolute Gasteiger partial charge is 0.0366 e. The highest BCUT2D eigenvalue weighted by Gasteiger charge is 2.46. The van der Waals surface area contributed by atoms with E-state index in [1.807, 2.05) is 0 Å². The Labute approximate surface area is 76.1 Å². The van der Waals surface area contributed by atoms with E-state index in [1.165, 1.54) is 32.5 Å². The van der Waals surface area contributed by atoms with Crippen LogP contribution in [0.4, 0.5) is 0 Å². The lowest BCUT2D eigenvalue weighted by atomic mass is 9.85. The minimum atomic E-state index is 0.598. The molecule has 1 spiro atoms. The molecule has 0 aromatic heterocycles. The molecule has 2 saturated heterocycles. The molecule has 10 heavy (non-hydrogen) atoms. The lowest BCUT2D eigenvalue weighted by Crippen LogP contribution is -2.58. The lowest BCUT2D eigenvalue weighted by Gasteiger charge is -2.48. The molecular formula is C7H13IN2. The van der Waals surface area contributed by atoms with E-state index in [4.69, 9.17) is 0 Å². The minimum absolute atomic E-state index is 0.598. The number of hydrogen-bond acceptors (Lipinski definition) is 2. The molecule has 0 unspecified atom stereocenters. The molecule has 2 fully saturated rings. The van der Waals surface area contributed by atoms with Crippen molar-refractivity contribution in [3.63, 3.8) is 0 Å². The Morgan fingerprint density at radius 3 is 2.20 bits per heavy atom. The number of nitrogens with zero attached hydrogens (tertiary/aromatic N) is 2. The zero-order valence-electron chi connectivity index (χ0n) is 6.31. The molecule has 0 aliphatic carbocycles. The van der Waals surface area contributed by atoms with Crippen LogP contribution in [0.2, 0.25) is 0 Å². The fraction of sp³-hybridized carbons (Fsp3) is 1.00. The third-order valence-corrected chi connectivity index (χ3v) is 3.83. The second-order valence-electron chi connectivity index (χ2n) is 3.49. The first kappa shape index (κ1) is 7.31. The van der Waals surface area contributed by atoms with E-state index in [0.717, 1.165) is 0 Å². The van der Waals surface area contributed by atoms with E-state index in [0.29, 0.717) is 5.54 Å². The van der Waals surface area contributed by atoms with Gasteiger partial charge in [-0.3, -0.25) is 4.90 Å². The van der Waals surface area contributed by atoms with Crippen LogP contribution >= 0.6 is 22.9 Å². The SMILES string of the molecule is CN1CC[C@@]12CCN(I)C2. The highest BCUT2D eigenvalue weighted by molar-refractivity contribution is 14.1. The van der Waals surface area contributed by atoms with E-state index < -0.39 is 0 Å². The third-order valence-electron chi connectivity index (χ3n) is 3.01. The summed E-state index contributed by atoms with van der Waals surface area (Å²) in [5, 5.41) is 0. The third kappa shape index (κ3) is 0.905. The second kappa shape index (κ2) is 2.32. The number of halogens is 1. The van der Waals surface area contributed by atoms with Gasteiger partial charge >= 0.3 is 0 Å². The molecule has 1 atom stereocenters. The standard InChI is InChI=1S/C7H13IN2/c1-9-4-2-7(9)3-5-10(8)6-7/h2-6H2,1H3/t7-/m0/s1. The van der Waals surface area contributed by atoms with Gasteiger partial charge in [-0.2, -0.15) is 0 Å². The molecule has 0 aromatic rings. The Balaban J connectivity index is 2.04. The van der Waals surface area contributed by atoms with Crippen LogP contribution in [0.5, 0.6) is 0 Å². The zero-order valence-corrected chi connectivity index (χ0v) is 8.47.